The number of imide groups is 1. The average Bonchev–Trinajstić information content (AvgIpc) is 3.58. The van der Waals surface area contributed by atoms with Gasteiger partial charge in [0, 0.05) is 78.9 Å². The molecule has 0 aliphatic carbocycles. The maximum Gasteiger partial charge on any atom is 0.255 e. The monoisotopic (exact) mass is 869 g/mol. The summed E-state index contributed by atoms with van der Waals surface area (Å²) in [5.74, 6) is 0.508. The molecule has 3 aromatic carbocycles. The number of hydrogen-bond acceptors (Lipinski definition) is 12. The lowest BCUT2D eigenvalue weighted by molar-refractivity contribution is -0.137. The maximum absolute atomic E-state index is 13.1. The molecule has 3 aliphatic heterocycles. The summed E-state index contributed by atoms with van der Waals surface area (Å²) in [6, 6.07) is 18.4. The number of unbranched alkanes of at least 4 members (excludes halogenated alkanes) is 3. The Labute approximate surface area is 361 Å². The molecular formula is C44H53ClN9O6P. The van der Waals surface area contributed by atoms with Gasteiger partial charge in [0.05, 0.1) is 24.7 Å². The topological polar surface area (TPSA) is 187 Å². The number of para-hydroxylation sites is 1. The second kappa shape index (κ2) is 19.4. The van der Waals surface area contributed by atoms with Crippen LogP contribution in [0, 0.1) is 0 Å². The summed E-state index contributed by atoms with van der Waals surface area (Å²) < 4.78 is 18.6. The highest BCUT2D eigenvalue weighted by Crippen LogP contribution is 2.39. The van der Waals surface area contributed by atoms with Crippen molar-refractivity contribution in [1.82, 2.24) is 25.5 Å². The summed E-state index contributed by atoms with van der Waals surface area (Å²) in [6.45, 7) is 6.09. The van der Waals surface area contributed by atoms with Crippen molar-refractivity contribution >= 4 is 82.2 Å². The van der Waals surface area contributed by atoms with Crippen molar-refractivity contribution in [1.29, 1.82) is 0 Å². The van der Waals surface area contributed by atoms with E-state index in [2.05, 4.69) is 41.5 Å². The van der Waals surface area contributed by atoms with Gasteiger partial charge in [0.25, 0.3) is 5.91 Å². The highest BCUT2D eigenvalue weighted by Gasteiger charge is 2.40. The van der Waals surface area contributed by atoms with Gasteiger partial charge in [-0.1, -0.05) is 42.6 Å². The number of carbonyl (C=O) groups excluding carboxylic acids is 4. The third kappa shape index (κ3) is 10.6. The van der Waals surface area contributed by atoms with Crippen LogP contribution in [-0.2, 0) is 25.5 Å². The fraction of sp³-hybridized carbons (Fsp3) is 0.409. The van der Waals surface area contributed by atoms with Gasteiger partial charge in [-0.3, -0.25) is 24.5 Å². The number of hydrogen-bond donors (Lipinski definition) is 5. The van der Waals surface area contributed by atoms with Gasteiger partial charge in [0.1, 0.15) is 24.0 Å². The quantitative estimate of drug-likeness (QED) is 0.0426. The standard InChI is InChI=1S/C44H53ClN9O6P/c1-60-37-25-29(16-17-34(37)50-44-47-26-32(45)41(52-44)49-35-12-7-8-14-38(35)61(2,3)59)53-23-20-28(21-24-53)48-39(55)15-6-4-5-9-22-46-33-13-10-11-30-31(33)27-54(43(30)58)36-18-19-40(56)51-42(36)57/h7-8,10-14,16-17,25-26,28,36,46H,4-6,9,15,18-24,27H2,1-3H3,(H,48,55)(H,51,56,57)(H2,47,49,50,52). The minimum Gasteiger partial charge on any atom is -0.494 e. The van der Waals surface area contributed by atoms with Crippen molar-refractivity contribution in [2.45, 2.75) is 76.4 Å². The van der Waals surface area contributed by atoms with E-state index in [4.69, 9.17) is 16.3 Å². The smallest absolute Gasteiger partial charge is 0.255 e. The number of piperidine rings is 2. The number of nitrogens with zero attached hydrogens (tertiary/aromatic N) is 4. The van der Waals surface area contributed by atoms with E-state index in [1.807, 2.05) is 54.6 Å². The molecule has 4 amide bonds. The van der Waals surface area contributed by atoms with Crippen molar-refractivity contribution in [3.05, 3.63) is 83.0 Å². The van der Waals surface area contributed by atoms with E-state index in [1.54, 1.807) is 31.4 Å². The molecule has 322 valence electrons. The molecule has 3 aliphatic rings. The summed E-state index contributed by atoms with van der Waals surface area (Å²) in [6.07, 6.45) is 7.87. The van der Waals surface area contributed by atoms with Crippen molar-refractivity contribution in [3.63, 3.8) is 0 Å². The number of ether oxygens (including phenoxy) is 1. The number of nitrogens with one attached hydrogen (secondary N) is 5. The fourth-order valence-corrected chi connectivity index (χ4v) is 9.41. The second-order valence-electron chi connectivity index (χ2n) is 16.0. The number of aromatic nitrogens is 2. The number of halogens is 1. The predicted octanol–water partition coefficient (Wildman–Crippen LogP) is 6.78. The Balaban J connectivity index is 0.814. The second-order valence-corrected chi connectivity index (χ2v) is 19.6. The summed E-state index contributed by atoms with van der Waals surface area (Å²) in [7, 11) is -0.944. The number of benzene rings is 3. The first-order chi connectivity index (χ1) is 29.4. The molecule has 0 saturated carbocycles. The van der Waals surface area contributed by atoms with Crippen LogP contribution in [0.15, 0.2) is 66.9 Å². The molecule has 17 heteroatoms. The van der Waals surface area contributed by atoms with Crippen LogP contribution in [0.3, 0.4) is 0 Å². The maximum atomic E-state index is 13.1. The minimum atomic E-state index is -2.56. The van der Waals surface area contributed by atoms with E-state index in [1.165, 1.54) is 6.20 Å². The number of rotatable bonds is 17. The van der Waals surface area contributed by atoms with Crippen LogP contribution in [0.25, 0.3) is 0 Å². The minimum absolute atomic E-state index is 0.0847. The zero-order chi connectivity index (χ0) is 43.1. The highest BCUT2D eigenvalue weighted by atomic mass is 35.5. The molecule has 2 saturated heterocycles. The van der Waals surface area contributed by atoms with E-state index in [0.717, 1.165) is 75.1 Å². The van der Waals surface area contributed by atoms with E-state index in [-0.39, 0.29) is 30.2 Å². The molecule has 7 rings (SSSR count). The molecule has 0 bridgehead atoms. The molecule has 61 heavy (non-hydrogen) atoms. The van der Waals surface area contributed by atoms with E-state index in [0.29, 0.717) is 64.2 Å². The first kappa shape index (κ1) is 43.4. The lowest BCUT2D eigenvalue weighted by Gasteiger charge is -2.34. The van der Waals surface area contributed by atoms with Crippen LogP contribution in [0.4, 0.5) is 34.5 Å². The van der Waals surface area contributed by atoms with Gasteiger partial charge in [0.2, 0.25) is 23.7 Å². The molecular weight excluding hydrogens is 817 g/mol. The third-order valence-electron chi connectivity index (χ3n) is 11.4. The van der Waals surface area contributed by atoms with E-state index in [9.17, 15) is 23.7 Å². The van der Waals surface area contributed by atoms with Gasteiger partial charge in [-0.05, 0) is 81.8 Å². The van der Waals surface area contributed by atoms with Crippen molar-refractivity contribution in [2.75, 3.05) is 60.9 Å². The SMILES string of the molecule is COc1cc(N2CCC(NC(=O)CCCCCCNc3cccc4c3CN(C3CCC(=O)NC3=O)C4=O)CC2)ccc1Nc1ncc(Cl)c(Nc2ccccc2P(C)(C)=O)n1. The molecule has 15 nitrogen and oxygen atoms in total. The summed E-state index contributed by atoms with van der Waals surface area (Å²) in [5.41, 5.74) is 4.73. The van der Waals surface area contributed by atoms with Gasteiger partial charge in [-0.25, -0.2) is 4.98 Å². The van der Waals surface area contributed by atoms with Gasteiger partial charge in [0.15, 0.2) is 5.82 Å². The lowest BCUT2D eigenvalue weighted by atomic mass is 10.0. The number of fused-ring (bicyclic) bond motifs is 1. The van der Waals surface area contributed by atoms with Crippen molar-refractivity contribution in [3.8, 4) is 5.75 Å². The molecule has 1 atom stereocenters. The zero-order valence-corrected chi connectivity index (χ0v) is 36.4. The lowest BCUT2D eigenvalue weighted by Crippen LogP contribution is -2.52. The first-order valence-corrected chi connectivity index (χ1v) is 23.8. The summed E-state index contributed by atoms with van der Waals surface area (Å²) >= 11 is 6.46. The number of carbonyl (C=O) groups is 4. The number of methoxy groups -OCH3 is 1. The molecule has 5 N–H and O–H groups in total. The Hall–Kier alpha value is -5.66. The van der Waals surface area contributed by atoms with Crippen LogP contribution in [-0.4, -0.2) is 90.7 Å². The fourth-order valence-electron chi connectivity index (χ4n) is 8.11. The Bertz CT molecular complexity index is 2330. The predicted molar refractivity (Wildman–Crippen MR) is 240 cm³/mol. The Morgan fingerprint density at radius 3 is 2.48 bits per heavy atom. The van der Waals surface area contributed by atoms with Gasteiger partial charge in [-0.2, -0.15) is 4.98 Å². The highest BCUT2D eigenvalue weighted by molar-refractivity contribution is 7.70. The molecule has 0 spiro atoms. The van der Waals surface area contributed by atoms with Crippen LogP contribution >= 0.6 is 18.7 Å². The van der Waals surface area contributed by atoms with Crippen LogP contribution < -0.4 is 41.5 Å². The van der Waals surface area contributed by atoms with Gasteiger partial charge < -0.3 is 40.4 Å². The molecule has 1 unspecified atom stereocenters. The normalized spacial score (nSPS) is 16.9. The Kier molecular flexibility index (Phi) is 13.8. The summed E-state index contributed by atoms with van der Waals surface area (Å²) in [5, 5.41) is 16.5. The number of anilines is 6. The largest absolute Gasteiger partial charge is 0.494 e. The number of amides is 4. The molecule has 4 heterocycles. The molecule has 0 radical (unpaired) electrons. The van der Waals surface area contributed by atoms with Crippen LogP contribution in [0.2, 0.25) is 5.02 Å². The first-order valence-electron chi connectivity index (χ1n) is 20.8. The van der Waals surface area contributed by atoms with Gasteiger partial charge >= 0.3 is 0 Å². The zero-order valence-electron chi connectivity index (χ0n) is 34.8. The van der Waals surface area contributed by atoms with E-state index >= 15 is 0 Å². The van der Waals surface area contributed by atoms with E-state index < -0.39 is 19.1 Å². The van der Waals surface area contributed by atoms with Crippen molar-refractivity contribution in [2.24, 2.45) is 0 Å². The molecule has 4 aromatic rings. The molecule has 2 fully saturated rings. The molecule has 1 aromatic heterocycles. The van der Waals surface area contributed by atoms with Crippen molar-refractivity contribution < 1.29 is 28.5 Å². The Morgan fingerprint density at radius 2 is 1.70 bits per heavy atom. The average molecular weight is 870 g/mol. The van der Waals surface area contributed by atoms with Crippen LogP contribution in [0.5, 0.6) is 5.75 Å². The van der Waals surface area contributed by atoms with Crippen LogP contribution in [0.1, 0.15) is 73.7 Å². The Morgan fingerprint density at radius 1 is 0.934 bits per heavy atom. The summed E-state index contributed by atoms with van der Waals surface area (Å²) in [4.78, 5) is 62.8. The van der Waals surface area contributed by atoms with Gasteiger partial charge in [-0.15, -0.1) is 0 Å². The third-order valence-corrected chi connectivity index (χ3v) is 13.2.